The minimum atomic E-state index is -5.02. The van der Waals surface area contributed by atoms with E-state index in [9.17, 15) is 43.2 Å². The first kappa shape index (κ1) is 102. The first-order chi connectivity index (χ1) is 52.7. The van der Waals surface area contributed by atoms with Crippen LogP contribution in [0.5, 0.6) is 0 Å². The molecule has 5 atom stereocenters. The van der Waals surface area contributed by atoms with Gasteiger partial charge in [-0.25, -0.2) is 9.13 Å². The van der Waals surface area contributed by atoms with Crippen molar-refractivity contribution in [1.82, 2.24) is 0 Å². The van der Waals surface area contributed by atoms with Gasteiger partial charge in [0.1, 0.15) is 19.3 Å². The SMILES string of the molecule is CC/C=C\C/C=C\C/C=C\C/C=C\C/C=C\CCCCCC(=O)OCC(COP(=O)(O)OCC(O)COP(=O)(O)OCC(COC(=O)CCCCCCCCC/C=C\C/C=C\C/C=C\CC)OC(=O)CCCC/C=C\C/C=C\C/C=C\C/C=C\CC)OC(=O)CCC/C=C\C/C=C\C/C=C\C/C=C\C/C=C\CC. The molecule has 0 aliphatic carbocycles. The van der Waals surface area contributed by atoms with Crippen LogP contribution in [0.2, 0.25) is 0 Å². The molecule has 608 valence electrons. The largest absolute Gasteiger partial charge is 0.472 e. The number of allylic oxidation sites excluding steroid dienone is 34. The van der Waals surface area contributed by atoms with Gasteiger partial charge in [-0.05, 0) is 180 Å². The van der Waals surface area contributed by atoms with Crippen molar-refractivity contribution in [3.8, 4) is 0 Å². The van der Waals surface area contributed by atoms with Gasteiger partial charge >= 0.3 is 39.5 Å². The predicted molar refractivity (Wildman–Crippen MR) is 445 cm³/mol. The maximum absolute atomic E-state index is 13.1. The molecule has 0 radical (unpaired) electrons. The lowest BCUT2D eigenvalue weighted by atomic mass is 10.1. The number of esters is 4. The summed E-state index contributed by atoms with van der Waals surface area (Å²) in [4.78, 5) is 73.1. The van der Waals surface area contributed by atoms with Gasteiger partial charge < -0.3 is 33.8 Å². The molecule has 0 spiro atoms. The number of phosphoric acid groups is 2. The topological polar surface area (TPSA) is 237 Å². The number of rotatable bonds is 73. The Bertz CT molecular complexity index is 2860. The maximum atomic E-state index is 13.1. The number of carbonyl (C=O) groups is 4. The van der Waals surface area contributed by atoms with Crippen LogP contribution in [0.4, 0.5) is 0 Å². The third-order valence-corrected chi connectivity index (χ3v) is 17.6. The molecule has 19 heteroatoms. The van der Waals surface area contributed by atoms with E-state index in [1.54, 1.807) is 0 Å². The number of hydrogen-bond acceptors (Lipinski definition) is 15. The van der Waals surface area contributed by atoms with Gasteiger partial charge in [-0.1, -0.05) is 273 Å². The van der Waals surface area contributed by atoms with Crippen molar-refractivity contribution in [2.75, 3.05) is 39.6 Å². The van der Waals surface area contributed by atoms with Crippen LogP contribution in [0, 0.1) is 0 Å². The zero-order valence-electron chi connectivity index (χ0n) is 66.4. The van der Waals surface area contributed by atoms with Gasteiger partial charge in [0.05, 0.1) is 26.4 Å². The van der Waals surface area contributed by atoms with Crippen LogP contribution >= 0.6 is 15.6 Å². The first-order valence-electron chi connectivity index (χ1n) is 40.3. The van der Waals surface area contributed by atoms with E-state index in [1.165, 1.54) is 0 Å². The second kappa shape index (κ2) is 78.8. The molecule has 0 fully saturated rings. The fourth-order valence-corrected chi connectivity index (χ4v) is 11.3. The lowest BCUT2D eigenvalue weighted by Crippen LogP contribution is -2.30. The Balaban J connectivity index is 5.52. The molecule has 0 bridgehead atoms. The summed E-state index contributed by atoms with van der Waals surface area (Å²) in [6.07, 6.45) is 98.2. The highest BCUT2D eigenvalue weighted by Gasteiger charge is 2.30. The average molecular weight is 1540 g/mol. The lowest BCUT2D eigenvalue weighted by molar-refractivity contribution is -0.161. The summed E-state index contributed by atoms with van der Waals surface area (Å²) < 4.78 is 68.5. The van der Waals surface area contributed by atoms with E-state index in [1.807, 2.05) is 12.2 Å². The van der Waals surface area contributed by atoms with Crippen molar-refractivity contribution in [3.05, 3.63) is 207 Å². The Morgan fingerprint density at radius 3 is 0.759 bits per heavy atom. The van der Waals surface area contributed by atoms with Crippen LogP contribution in [-0.2, 0) is 65.4 Å². The second-order valence-corrected chi connectivity index (χ2v) is 28.7. The normalized spacial score (nSPS) is 14.9. The highest BCUT2D eigenvalue weighted by Crippen LogP contribution is 2.45. The summed E-state index contributed by atoms with van der Waals surface area (Å²) >= 11 is 0. The highest BCUT2D eigenvalue weighted by atomic mass is 31.2. The average Bonchev–Trinajstić information content (AvgIpc) is 0.906. The van der Waals surface area contributed by atoms with E-state index in [0.717, 1.165) is 180 Å². The van der Waals surface area contributed by atoms with Gasteiger partial charge in [0.2, 0.25) is 0 Å². The van der Waals surface area contributed by atoms with E-state index in [-0.39, 0.29) is 25.7 Å². The van der Waals surface area contributed by atoms with E-state index in [0.29, 0.717) is 38.5 Å². The predicted octanol–water partition coefficient (Wildman–Crippen LogP) is 23.9. The standard InChI is InChI=1S/C89H140O17P2/c1-5-9-13-17-21-25-29-33-37-40-41-44-47-50-54-58-62-66-70-74-87(92)100-80-85(106-89(94)76-72-68-64-60-56-52-48-43-39-35-31-27-23-19-15-11-7-3)82-104-108(97,98)102-78-83(90)77-101-107(95,96)103-81-84(105-88(93)75-71-67-63-59-55-51-45-36-32-28-24-20-16-12-8-4)79-99-86(91)73-69-65-61-57-53-49-46-42-38-34-30-26-22-18-14-10-6-2/h9-16,21-28,33-39,41,44-45,48,50,52,54-55,59-60,64,83-85,90H,5-8,17-20,29-32,40,42-43,46-47,49,51,53,56-58,61-63,65-82H2,1-4H3,(H,95,96)(H,97,98)/b13-9-,14-10-,15-11-,16-12-,25-21-,26-22-,27-23-,28-24-,37-33-,38-34-,39-35-,44-41-,45-36-,52-48-,54-50-,59-55-,64-60-. The molecule has 5 unspecified atom stereocenters. The fraction of sp³-hybridized carbons (Fsp3) is 0.573. The van der Waals surface area contributed by atoms with Crippen LogP contribution < -0.4 is 0 Å². The van der Waals surface area contributed by atoms with Crippen molar-refractivity contribution in [2.45, 2.75) is 290 Å². The highest BCUT2D eigenvalue weighted by molar-refractivity contribution is 7.47. The van der Waals surface area contributed by atoms with Crippen LogP contribution in [-0.4, -0.2) is 96.7 Å². The van der Waals surface area contributed by atoms with Crippen molar-refractivity contribution < 1.29 is 80.2 Å². The minimum Gasteiger partial charge on any atom is -0.462 e. The molecule has 17 nitrogen and oxygen atoms in total. The third-order valence-electron chi connectivity index (χ3n) is 15.7. The summed E-state index contributed by atoms with van der Waals surface area (Å²) in [5.41, 5.74) is 0. The number of ether oxygens (including phenoxy) is 4. The molecule has 0 aliphatic heterocycles. The minimum absolute atomic E-state index is 0.00123. The number of unbranched alkanes of at least 4 members (excludes halogenated alkanes) is 13. The number of carbonyl (C=O) groups excluding carboxylic acids is 4. The van der Waals surface area contributed by atoms with Crippen LogP contribution in [0.25, 0.3) is 0 Å². The molecular formula is C89H140O17P2. The van der Waals surface area contributed by atoms with E-state index in [4.69, 9.17) is 37.0 Å². The molecule has 3 N–H and O–H groups in total. The van der Waals surface area contributed by atoms with Crippen molar-refractivity contribution in [2.24, 2.45) is 0 Å². The Kier molecular flexibility index (Phi) is 74.1. The molecule has 0 saturated heterocycles. The molecule has 0 aromatic heterocycles. The number of phosphoric ester groups is 2. The molecule has 0 rings (SSSR count). The van der Waals surface area contributed by atoms with E-state index < -0.39 is 97.5 Å². The van der Waals surface area contributed by atoms with Crippen LogP contribution in [0.15, 0.2) is 207 Å². The van der Waals surface area contributed by atoms with Gasteiger partial charge in [0, 0.05) is 25.7 Å². The maximum Gasteiger partial charge on any atom is 0.472 e. The Labute approximate surface area is 652 Å². The summed E-state index contributed by atoms with van der Waals surface area (Å²) in [6, 6.07) is 0. The van der Waals surface area contributed by atoms with Crippen molar-refractivity contribution >= 4 is 39.5 Å². The van der Waals surface area contributed by atoms with Gasteiger partial charge in [0.25, 0.3) is 0 Å². The van der Waals surface area contributed by atoms with Crippen LogP contribution in [0.1, 0.15) is 272 Å². The van der Waals surface area contributed by atoms with Gasteiger partial charge in [0.15, 0.2) is 12.2 Å². The van der Waals surface area contributed by atoms with Gasteiger partial charge in [-0.2, -0.15) is 0 Å². The zero-order valence-corrected chi connectivity index (χ0v) is 68.2. The number of aliphatic hydroxyl groups is 1. The summed E-state index contributed by atoms with van der Waals surface area (Å²) in [6.45, 7) is 4.23. The van der Waals surface area contributed by atoms with Crippen molar-refractivity contribution in [3.63, 3.8) is 0 Å². The van der Waals surface area contributed by atoms with Gasteiger partial charge in [-0.3, -0.25) is 37.3 Å². The molecule has 0 saturated carbocycles. The van der Waals surface area contributed by atoms with Crippen LogP contribution in [0.3, 0.4) is 0 Å². The molecule has 0 aliphatic rings. The Morgan fingerprint density at radius 1 is 0.259 bits per heavy atom. The fourth-order valence-electron chi connectivity index (χ4n) is 9.76. The smallest absolute Gasteiger partial charge is 0.462 e. The van der Waals surface area contributed by atoms with Gasteiger partial charge in [-0.15, -0.1) is 0 Å². The molecular weight excluding hydrogens is 1400 g/mol. The molecule has 0 aromatic carbocycles. The lowest BCUT2D eigenvalue weighted by Gasteiger charge is -2.21. The third kappa shape index (κ3) is 77.8. The van der Waals surface area contributed by atoms with Crippen molar-refractivity contribution in [1.29, 1.82) is 0 Å². The first-order valence-corrected chi connectivity index (χ1v) is 43.3. The number of aliphatic hydroxyl groups excluding tert-OH is 1. The molecule has 0 heterocycles. The molecule has 0 amide bonds. The molecule has 0 aromatic rings. The van der Waals surface area contributed by atoms with E-state index >= 15 is 0 Å². The number of hydrogen-bond donors (Lipinski definition) is 3. The van der Waals surface area contributed by atoms with E-state index in [2.05, 4.69) is 222 Å². The monoisotopic (exact) mass is 1540 g/mol. The zero-order chi connectivity index (χ0) is 78.9. The summed E-state index contributed by atoms with van der Waals surface area (Å²) in [7, 11) is -10.0. The Morgan fingerprint density at radius 2 is 0.463 bits per heavy atom. The summed E-state index contributed by atoms with van der Waals surface area (Å²) in [5.74, 6) is -2.36. The summed E-state index contributed by atoms with van der Waals surface area (Å²) in [5, 5.41) is 10.7. The Hall–Kier alpha value is -6.36. The molecule has 108 heavy (non-hydrogen) atoms. The quantitative estimate of drug-likeness (QED) is 0.0169. The second-order valence-electron chi connectivity index (χ2n) is 25.8.